The molecule has 2 N–H and O–H groups in total. The highest BCUT2D eigenvalue weighted by Gasteiger charge is 2.30. The molecular weight excluding hydrogens is 321 g/mol. The van der Waals surface area contributed by atoms with Crippen LogP contribution in [-0.2, 0) is 6.18 Å². The summed E-state index contributed by atoms with van der Waals surface area (Å²) in [6, 6.07) is 12.1. The Bertz CT molecular complexity index is 977. The number of aromatic amines is 1. The number of hydrogen-bond donors (Lipinski definition) is 2. The van der Waals surface area contributed by atoms with E-state index in [9.17, 15) is 22.8 Å². The van der Waals surface area contributed by atoms with Gasteiger partial charge in [0.1, 0.15) is 0 Å². The van der Waals surface area contributed by atoms with Crippen LogP contribution in [0.4, 0.5) is 18.9 Å². The van der Waals surface area contributed by atoms with Crippen molar-refractivity contribution in [3.63, 3.8) is 0 Å². The topological polar surface area (TPSA) is 62.0 Å². The maximum absolute atomic E-state index is 12.7. The number of nitrogens with one attached hydrogen (secondary N) is 2. The van der Waals surface area contributed by atoms with Gasteiger partial charge in [-0.05, 0) is 24.3 Å². The zero-order chi connectivity index (χ0) is 17.3. The molecule has 1 heterocycles. The zero-order valence-corrected chi connectivity index (χ0v) is 12.1. The Balaban J connectivity index is 1.98. The van der Waals surface area contributed by atoms with Gasteiger partial charge in [0, 0.05) is 22.7 Å². The summed E-state index contributed by atoms with van der Waals surface area (Å²) >= 11 is 0. The number of H-pyrrole nitrogens is 1. The number of anilines is 1. The highest BCUT2D eigenvalue weighted by molar-refractivity contribution is 6.12. The minimum atomic E-state index is -4.50. The highest BCUT2D eigenvalue weighted by atomic mass is 19.4. The summed E-state index contributed by atoms with van der Waals surface area (Å²) in [4.78, 5) is 26.7. The smallest absolute Gasteiger partial charge is 0.322 e. The number of aromatic nitrogens is 1. The van der Waals surface area contributed by atoms with Crippen molar-refractivity contribution in [2.75, 3.05) is 5.32 Å². The summed E-state index contributed by atoms with van der Waals surface area (Å²) in [7, 11) is 0. The lowest BCUT2D eigenvalue weighted by molar-refractivity contribution is -0.137. The Kier molecular flexibility index (Phi) is 3.84. The molecule has 0 atom stereocenters. The van der Waals surface area contributed by atoms with E-state index in [4.69, 9.17) is 0 Å². The van der Waals surface area contributed by atoms with Gasteiger partial charge in [-0.1, -0.05) is 24.3 Å². The van der Waals surface area contributed by atoms with Gasteiger partial charge in [0.15, 0.2) is 0 Å². The van der Waals surface area contributed by atoms with E-state index in [1.165, 1.54) is 12.1 Å². The third kappa shape index (κ3) is 3.15. The number of hydrogen-bond acceptors (Lipinski definition) is 2. The fraction of sp³-hybridized carbons (Fsp3) is 0.0588. The molecule has 0 unspecified atom stereocenters. The summed E-state index contributed by atoms with van der Waals surface area (Å²) in [5.41, 5.74) is -0.774. The number of fused-ring (bicyclic) bond motifs is 1. The van der Waals surface area contributed by atoms with Crippen molar-refractivity contribution in [2.45, 2.75) is 6.18 Å². The van der Waals surface area contributed by atoms with Crippen LogP contribution in [0.5, 0.6) is 0 Å². The molecule has 0 aliphatic rings. The maximum atomic E-state index is 12.7. The van der Waals surface area contributed by atoms with Crippen molar-refractivity contribution in [3.05, 3.63) is 76.1 Å². The molecule has 0 bridgehead atoms. The number of benzene rings is 2. The van der Waals surface area contributed by atoms with E-state index in [1.807, 2.05) is 0 Å². The molecule has 3 aromatic rings. The molecule has 0 aliphatic carbocycles. The second kappa shape index (κ2) is 5.84. The number of para-hydroxylation sites is 1. The van der Waals surface area contributed by atoms with Crippen LogP contribution in [0.2, 0.25) is 0 Å². The molecule has 1 aromatic heterocycles. The van der Waals surface area contributed by atoms with Gasteiger partial charge in [0.25, 0.3) is 5.91 Å². The molecule has 0 radical (unpaired) electrons. The summed E-state index contributed by atoms with van der Waals surface area (Å²) in [5.74, 6) is -0.656. The van der Waals surface area contributed by atoms with E-state index >= 15 is 0 Å². The van der Waals surface area contributed by atoms with Crippen molar-refractivity contribution < 1.29 is 18.0 Å². The first-order valence-corrected chi connectivity index (χ1v) is 6.95. The predicted octanol–water partition coefficient (Wildman–Crippen LogP) is 3.80. The minimum Gasteiger partial charge on any atom is -0.322 e. The van der Waals surface area contributed by atoms with Gasteiger partial charge in [0.05, 0.1) is 11.1 Å². The molecule has 1 amide bonds. The van der Waals surface area contributed by atoms with Gasteiger partial charge in [-0.3, -0.25) is 9.59 Å². The van der Waals surface area contributed by atoms with Crippen LogP contribution in [-0.4, -0.2) is 10.9 Å². The Morgan fingerprint density at radius 3 is 2.50 bits per heavy atom. The van der Waals surface area contributed by atoms with Crippen LogP contribution < -0.4 is 10.9 Å². The second-order valence-corrected chi connectivity index (χ2v) is 5.13. The van der Waals surface area contributed by atoms with Crippen LogP contribution in [0.1, 0.15) is 15.9 Å². The van der Waals surface area contributed by atoms with Crippen LogP contribution >= 0.6 is 0 Å². The lowest BCUT2D eigenvalue weighted by Gasteiger charge is -2.11. The molecule has 0 saturated heterocycles. The van der Waals surface area contributed by atoms with E-state index in [1.54, 1.807) is 24.3 Å². The first kappa shape index (κ1) is 15.8. The molecule has 0 saturated carbocycles. The van der Waals surface area contributed by atoms with Crippen molar-refractivity contribution >= 4 is 22.5 Å². The Morgan fingerprint density at radius 2 is 1.75 bits per heavy atom. The van der Waals surface area contributed by atoms with Gasteiger partial charge >= 0.3 is 6.18 Å². The molecule has 2 aromatic carbocycles. The predicted molar refractivity (Wildman–Crippen MR) is 84.0 cm³/mol. The first-order chi connectivity index (χ1) is 11.3. The summed E-state index contributed by atoms with van der Waals surface area (Å²) in [5, 5.41) is 2.90. The molecule has 0 spiro atoms. The first-order valence-electron chi connectivity index (χ1n) is 6.95. The standard InChI is InChI=1S/C17H11F3N2O2/c18-17(19,20)10-4-3-5-11(8-10)21-16(24)13-9-15(23)22-14-7-2-1-6-12(13)14/h1-9H,(H,21,24)(H,22,23). The Morgan fingerprint density at radius 1 is 1.00 bits per heavy atom. The van der Waals surface area contributed by atoms with Crippen molar-refractivity contribution in [1.29, 1.82) is 0 Å². The molecule has 0 fully saturated rings. The number of alkyl halides is 3. The Labute approximate surface area is 133 Å². The number of rotatable bonds is 2. The average Bonchev–Trinajstić information content (AvgIpc) is 2.53. The average molecular weight is 332 g/mol. The molecule has 7 heteroatoms. The molecular formula is C17H11F3N2O2. The van der Waals surface area contributed by atoms with Crippen molar-refractivity contribution in [2.24, 2.45) is 0 Å². The van der Waals surface area contributed by atoms with Crippen LogP contribution in [0.15, 0.2) is 59.4 Å². The van der Waals surface area contributed by atoms with Gasteiger partial charge in [-0.25, -0.2) is 0 Å². The van der Waals surface area contributed by atoms with Crippen LogP contribution in [0, 0.1) is 0 Å². The van der Waals surface area contributed by atoms with E-state index in [0.717, 1.165) is 18.2 Å². The largest absolute Gasteiger partial charge is 0.416 e. The van der Waals surface area contributed by atoms with E-state index in [2.05, 4.69) is 10.3 Å². The molecule has 4 nitrogen and oxygen atoms in total. The van der Waals surface area contributed by atoms with Gasteiger partial charge in [-0.2, -0.15) is 13.2 Å². The Hall–Kier alpha value is -3.09. The maximum Gasteiger partial charge on any atom is 0.416 e. The summed E-state index contributed by atoms with van der Waals surface area (Å²) in [6.07, 6.45) is -4.50. The third-order valence-corrected chi connectivity index (χ3v) is 3.44. The van der Waals surface area contributed by atoms with Gasteiger partial charge < -0.3 is 10.3 Å². The number of halogens is 3. The normalized spacial score (nSPS) is 11.5. The lowest BCUT2D eigenvalue weighted by Crippen LogP contribution is -2.17. The van der Waals surface area contributed by atoms with Crippen LogP contribution in [0.25, 0.3) is 10.9 Å². The lowest BCUT2D eigenvalue weighted by atomic mass is 10.1. The van der Waals surface area contributed by atoms with E-state index < -0.39 is 23.2 Å². The van der Waals surface area contributed by atoms with Crippen molar-refractivity contribution in [1.82, 2.24) is 4.98 Å². The van der Waals surface area contributed by atoms with E-state index in [0.29, 0.717) is 10.9 Å². The minimum absolute atomic E-state index is 0.000752. The van der Waals surface area contributed by atoms with Gasteiger partial charge in [-0.15, -0.1) is 0 Å². The molecule has 122 valence electrons. The number of carbonyl (C=O) groups excluding carboxylic acids is 1. The monoisotopic (exact) mass is 332 g/mol. The number of amides is 1. The van der Waals surface area contributed by atoms with Crippen LogP contribution in [0.3, 0.4) is 0 Å². The number of carbonyl (C=O) groups is 1. The fourth-order valence-electron chi connectivity index (χ4n) is 2.36. The third-order valence-electron chi connectivity index (χ3n) is 3.44. The highest BCUT2D eigenvalue weighted by Crippen LogP contribution is 2.30. The summed E-state index contributed by atoms with van der Waals surface area (Å²) < 4.78 is 38.2. The summed E-state index contributed by atoms with van der Waals surface area (Å²) in [6.45, 7) is 0. The molecule has 0 aliphatic heterocycles. The zero-order valence-electron chi connectivity index (χ0n) is 12.1. The quantitative estimate of drug-likeness (QED) is 0.750. The van der Waals surface area contributed by atoms with Gasteiger partial charge in [0.2, 0.25) is 5.56 Å². The SMILES string of the molecule is O=C(Nc1cccc(C(F)(F)F)c1)c1cc(=O)[nH]c2ccccc12. The fourth-order valence-corrected chi connectivity index (χ4v) is 2.36. The second-order valence-electron chi connectivity index (χ2n) is 5.13. The number of pyridine rings is 1. The van der Waals surface area contributed by atoms with Crippen molar-refractivity contribution in [3.8, 4) is 0 Å². The molecule has 3 rings (SSSR count). The molecule has 24 heavy (non-hydrogen) atoms. The van der Waals surface area contributed by atoms with E-state index in [-0.39, 0.29) is 11.3 Å².